The molecule has 1 N–H and O–H groups in total. The number of rotatable bonds is 9. The number of anilines is 1. The van der Waals surface area contributed by atoms with Gasteiger partial charge in [0.2, 0.25) is 11.8 Å². The lowest BCUT2D eigenvalue weighted by atomic mass is 9.99. The van der Waals surface area contributed by atoms with Gasteiger partial charge < -0.3 is 28.8 Å². The summed E-state index contributed by atoms with van der Waals surface area (Å²) >= 11 is 0. The van der Waals surface area contributed by atoms with Gasteiger partial charge >= 0.3 is 6.09 Å². The summed E-state index contributed by atoms with van der Waals surface area (Å²) in [6.07, 6.45) is 1.07. The van der Waals surface area contributed by atoms with Crippen LogP contribution in [-0.2, 0) is 18.0 Å². The Morgan fingerprint density at radius 3 is 2.27 bits per heavy atom. The van der Waals surface area contributed by atoms with Crippen LogP contribution in [0.2, 0.25) is 0 Å². The maximum absolute atomic E-state index is 16.1. The topological polar surface area (TPSA) is 86.1 Å². The van der Waals surface area contributed by atoms with E-state index < -0.39 is 17.5 Å². The molecule has 0 atom stereocenters. The molecule has 0 spiro atoms. The van der Waals surface area contributed by atoms with E-state index in [0.717, 1.165) is 11.1 Å². The average Bonchev–Trinajstić information content (AvgIpc) is 3.47. The van der Waals surface area contributed by atoms with Crippen molar-refractivity contribution in [2.45, 2.75) is 45.6 Å². The maximum Gasteiger partial charge on any atom is 0.407 e. The number of aromatic nitrogens is 1. The summed E-state index contributed by atoms with van der Waals surface area (Å²) in [5.41, 5.74) is 3.32. The molecule has 1 amide bonds. The number of fused-ring (bicyclic) bond motifs is 1. The van der Waals surface area contributed by atoms with Gasteiger partial charge in [0.05, 0.1) is 18.0 Å². The molecular formula is C35H34FN3O5. The summed E-state index contributed by atoms with van der Waals surface area (Å²) in [4.78, 5) is 18.8. The van der Waals surface area contributed by atoms with Gasteiger partial charge in [-0.1, -0.05) is 60.7 Å². The molecule has 1 aliphatic rings. The normalized spacial score (nSPS) is 13.4. The van der Waals surface area contributed by atoms with E-state index in [1.54, 1.807) is 24.5 Å². The summed E-state index contributed by atoms with van der Waals surface area (Å²) < 4.78 is 39.5. The second kappa shape index (κ2) is 12.3. The van der Waals surface area contributed by atoms with Crippen molar-refractivity contribution in [3.8, 4) is 22.9 Å². The Hall–Kier alpha value is -5.05. The van der Waals surface area contributed by atoms with Crippen LogP contribution < -0.4 is 19.7 Å². The highest BCUT2D eigenvalue weighted by Gasteiger charge is 2.33. The van der Waals surface area contributed by atoms with Crippen LogP contribution >= 0.6 is 0 Å². The van der Waals surface area contributed by atoms with Crippen LogP contribution in [0.4, 0.5) is 14.9 Å². The first-order chi connectivity index (χ1) is 21.2. The molecular weight excluding hydrogens is 561 g/mol. The van der Waals surface area contributed by atoms with Crippen LogP contribution in [0.25, 0.3) is 22.1 Å². The van der Waals surface area contributed by atoms with Crippen LogP contribution in [0.3, 0.4) is 0 Å². The van der Waals surface area contributed by atoms with Crippen molar-refractivity contribution in [3.63, 3.8) is 0 Å². The van der Waals surface area contributed by atoms with Gasteiger partial charge in [-0.2, -0.15) is 4.98 Å². The molecule has 1 aliphatic heterocycles. The number of furan rings is 1. The molecule has 0 radical (unpaired) electrons. The van der Waals surface area contributed by atoms with Gasteiger partial charge in [0.15, 0.2) is 5.58 Å². The molecule has 0 aliphatic carbocycles. The van der Waals surface area contributed by atoms with Gasteiger partial charge in [-0.3, -0.25) is 0 Å². The zero-order valence-corrected chi connectivity index (χ0v) is 24.9. The van der Waals surface area contributed by atoms with Crippen molar-refractivity contribution in [2.75, 3.05) is 18.0 Å². The lowest BCUT2D eigenvalue weighted by Gasteiger charge is -2.41. The third kappa shape index (κ3) is 6.62. The minimum atomic E-state index is -0.586. The Balaban J connectivity index is 1.27. The van der Waals surface area contributed by atoms with E-state index in [9.17, 15) is 4.79 Å². The van der Waals surface area contributed by atoms with Crippen molar-refractivity contribution >= 4 is 22.7 Å². The smallest absolute Gasteiger partial charge is 0.407 e. The zero-order chi connectivity index (χ0) is 30.7. The highest BCUT2D eigenvalue weighted by Crippen LogP contribution is 2.42. The molecule has 0 bridgehead atoms. The van der Waals surface area contributed by atoms with E-state index in [1.807, 2.05) is 86.3 Å². The van der Waals surface area contributed by atoms with E-state index in [-0.39, 0.29) is 18.5 Å². The van der Waals surface area contributed by atoms with Crippen molar-refractivity contribution in [3.05, 3.63) is 108 Å². The highest BCUT2D eigenvalue weighted by molar-refractivity contribution is 6.02. The predicted molar refractivity (Wildman–Crippen MR) is 166 cm³/mol. The summed E-state index contributed by atoms with van der Waals surface area (Å²) in [5.74, 6) is 0.172. The fourth-order valence-corrected chi connectivity index (χ4v) is 5.10. The van der Waals surface area contributed by atoms with E-state index in [0.29, 0.717) is 53.4 Å². The van der Waals surface area contributed by atoms with Gasteiger partial charge in [-0.15, -0.1) is 0 Å². The second-order valence-corrected chi connectivity index (χ2v) is 11.7. The standard InChI is InChI=1S/C35H34FN3O5/c1-35(2,3)44-34(40)37-25-19-39(20-25)29-18-28(36)31(26-16-17-41-32(26)29)27-14-15-30(42-21-23-10-6-4-7-11-23)38-33(27)43-22-24-12-8-5-9-13-24/h4-18,25H,19-22H2,1-3H3,(H,37,40). The third-order valence-electron chi connectivity index (χ3n) is 7.16. The summed E-state index contributed by atoms with van der Waals surface area (Å²) in [5, 5.41) is 3.45. The van der Waals surface area contributed by atoms with Gasteiger partial charge in [0.25, 0.3) is 0 Å². The van der Waals surface area contributed by atoms with Crippen LogP contribution in [0.1, 0.15) is 31.9 Å². The average molecular weight is 596 g/mol. The molecule has 3 heterocycles. The van der Waals surface area contributed by atoms with Gasteiger partial charge in [0.1, 0.15) is 24.6 Å². The third-order valence-corrected chi connectivity index (χ3v) is 7.16. The number of amides is 1. The molecule has 0 unspecified atom stereocenters. The molecule has 6 rings (SSSR count). The quantitative estimate of drug-likeness (QED) is 0.189. The number of halogens is 1. The molecule has 44 heavy (non-hydrogen) atoms. The van der Waals surface area contributed by atoms with Gasteiger partial charge in [0, 0.05) is 41.7 Å². The summed E-state index contributed by atoms with van der Waals surface area (Å²) in [6, 6.07) is 26.1. The Morgan fingerprint density at radius 1 is 0.955 bits per heavy atom. The van der Waals surface area contributed by atoms with Crippen LogP contribution in [-0.4, -0.2) is 35.8 Å². The van der Waals surface area contributed by atoms with Gasteiger partial charge in [-0.25, -0.2) is 9.18 Å². The number of nitrogens with one attached hydrogen (secondary N) is 1. The Labute approximate surface area is 255 Å². The SMILES string of the molecule is CC(C)(C)OC(=O)NC1CN(c2cc(F)c(-c3ccc(OCc4ccccc4)nc3OCc3ccccc3)c3ccoc23)C1. The molecule has 2 aromatic heterocycles. The number of hydrogen-bond donors (Lipinski definition) is 1. The molecule has 3 aromatic carbocycles. The molecule has 8 nitrogen and oxygen atoms in total. The number of ether oxygens (including phenoxy) is 3. The summed E-state index contributed by atoms with van der Waals surface area (Å²) in [6.45, 7) is 7.02. The first-order valence-electron chi connectivity index (χ1n) is 14.5. The maximum atomic E-state index is 16.1. The Bertz CT molecular complexity index is 1750. The van der Waals surface area contributed by atoms with E-state index in [1.165, 1.54) is 6.07 Å². The number of alkyl carbamates (subject to hydrolysis) is 1. The number of pyridine rings is 1. The van der Waals surface area contributed by atoms with Crippen molar-refractivity contribution in [2.24, 2.45) is 0 Å². The molecule has 5 aromatic rings. The molecule has 0 saturated carbocycles. The zero-order valence-electron chi connectivity index (χ0n) is 24.9. The van der Waals surface area contributed by atoms with E-state index in [2.05, 4.69) is 10.3 Å². The van der Waals surface area contributed by atoms with Crippen LogP contribution in [0.5, 0.6) is 11.8 Å². The fourth-order valence-electron chi connectivity index (χ4n) is 5.10. The monoisotopic (exact) mass is 595 g/mol. The molecule has 226 valence electrons. The van der Waals surface area contributed by atoms with Crippen molar-refractivity contribution < 1.29 is 27.8 Å². The molecule has 1 saturated heterocycles. The van der Waals surface area contributed by atoms with Gasteiger partial charge in [-0.05, 0) is 44.0 Å². The Kier molecular flexibility index (Phi) is 8.11. The highest BCUT2D eigenvalue weighted by atomic mass is 19.1. The first kappa shape index (κ1) is 29.0. The predicted octanol–water partition coefficient (Wildman–Crippen LogP) is 7.51. The summed E-state index contributed by atoms with van der Waals surface area (Å²) in [7, 11) is 0. The fraction of sp³-hybridized carbons (Fsp3) is 0.257. The number of carbonyl (C=O) groups excluding carboxylic acids is 1. The first-order valence-corrected chi connectivity index (χ1v) is 14.5. The second-order valence-electron chi connectivity index (χ2n) is 11.7. The van der Waals surface area contributed by atoms with Crippen LogP contribution in [0, 0.1) is 5.82 Å². The number of benzene rings is 3. The number of nitrogens with zero attached hydrogens (tertiary/aromatic N) is 2. The van der Waals surface area contributed by atoms with Crippen molar-refractivity contribution in [1.82, 2.24) is 10.3 Å². The lowest BCUT2D eigenvalue weighted by molar-refractivity contribution is 0.0496. The largest absolute Gasteiger partial charge is 0.473 e. The molecule has 9 heteroatoms. The minimum absolute atomic E-state index is 0.122. The molecule has 1 fully saturated rings. The lowest BCUT2D eigenvalue weighted by Crippen LogP contribution is -2.60. The Morgan fingerprint density at radius 2 is 1.61 bits per heavy atom. The van der Waals surface area contributed by atoms with E-state index >= 15 is 4.39 Å². The number of hydrogen-bond acceptors (Lipinski definition) is 7. The minimum Gasteiger partial charge on any atom is -0.473 e. The number of carbonyl (C=O) groups is 1. The van der Waals surface area contributed by atoms with Crippen LogP contribution in [0.15, 0.2) is 95.6 Å². The van der Waals surface area contributed by atoms with Crippen molar-refractivity contribution in [1.29, 1.82) is 0 Å². The van der Waals surface area contributed by atoms with E-state index in [4.69, 9.17) is 18.6 Å².